The van der Waals surface area contributed by atoms with Gasteiger partial charge in [-0.15, -0.1) is 0 Å². The van der Waals surface area contributed by atoms with Gasteiger partial charge in [-0.3, -0.25) is 0 Å². The van der Waals surface area contributed by atoms with Gasteiger partial charge in [-0.2, -0.15) is 0 Å². The summed E-state index contributed by atoms with van der Waals surface area (Å²) in [6, 6.07) is 3.78. The van der Waals surface area contributed by atoms with E-state index in [2.05, 4.69) is 5.32 Å². The lowest BCUT2D eigenvalue weighted by atomic mass is 10.1. The second-order valence-corrected chi connectivity index (χ2v) is 2.93. The Morgan fingerprint density at radius 1 is 1.55 bits per heavy atom. The number of rotatable bonds is 1. The highest BCUT2D eigenvalue weighted by molar-refractivity contribution is 5.27. The van der Waals surface area contributed by atoms with Crippen LogP contribution in [0.3, 0.4) is 0 Å². The Hall–Kier alpha value is -0.960. The Bertz CT molecular complexity index is 238. The van der Waals surface area contributed by atoms with E-state index in [0.29, 0.717) is 11.8 Å². The Labute approximate surface area is 65.6 Å². The van der Waals surface area contributed by atoms with Gasteiger partial charge in [0.2, 0.25) is 0 Å². The molecule has 0 amide bonds. The lowest BCUT2D eigenvalue weighted by Crippen LogP contribution is -2.07. The molecule has 1 atom stereocenters. The minimum Gasteiger partial charge on any atom is -0.446 e. The molecule has 2 heterocycles. The van der Waals surface area contributed by atoms with Crippen LogP contribution in [0, 0.1) is 0 Å². The summed E-state index contributed by atoms with van der Waals surface area (Å²) in [5.41, 5.74) is 5.46. The van der Waals surface area contributed by atoms with Crippen molar-refractivity contribution in [2.45, 2.75) is 12.3 Å². The third-order valence-electron chi connectivity index (χ3n) is 2.11. The van der Waals surface area contributed by atoms with Crippen LogP contribution >= 0.6 is 0 Å². The molecule has 1 aromatic heterocycles. The third kappa shape index (κ3) is 1.24. The van der Waals surface area contributed by atoms with Gasteiger partial charge in [0.15, 0.2) is 5.88 Å². The maximum absolute atomic E-state index is 5.46. The quantitative estimate of drug-likeness (QED) is 0.629. The second kappa shape index (κ2) is 2.58. The van der Waals surface area contributed by atoms with Gasteiger partial charge in [0.25, 0.3) is 0 Å². The Morgan fingerprint density at radius 3 is 3.00 bits per heavy atom. The molecule has 1 saturated heterocycles. The molecule has 1 aliphatic rings. The van der Waals surface area contributed by atoms with Crippen LogP contribution in [0.25, 0.3) is 0 Å². The summed E-state index contributed by atoms with van der Waals surface area (Å²) in [6.45, 7) is 2.11. The highest BCUT2D eigenvalue weighted by atomic mass is 16.4. The maximum atomic E-state index is 5.46. The number of nitrogens with two attached hydrogens (primary N) is 1. The SMILES string of the molecule is Nc1ccc(C2CCNC2)o1. The summed E-state index contributed by atoms with van der Waals surface area (Å²) in [5.74, 6) is 2.08. The molecule has 3 heteroatoms. The summed E-state index contributed by atoms with van der Waals surface area (Å²) in [5, 5.41) is 3.28. The van der Waals surface area contributed by atoms with E-state index >= 15 is 0 Å². The van der Waals surface area contributed by atoms with Gasteiger partial charge >= 0.3 is 0 Å². The van der Waals surface area contributed by atoms with E-state index in [1.54, 1.807) is 0 Å². The minimum absolute atomic E-state index is 0.520. The molecule has 3 N–H and O–H groups in total. The lowest BCUT2D eigenvalue weighted by Gasteiger charge is -2.01. The van der Waals surface area contributed by atoms with Crippen LogP contribution in [0.2, 0.25) is 0 Å². The van der Waals surface area contributed by atoms with E-state index in [-0.39, 0.29) is 0 Å². The average molecular weight is 152 g/mol. The Balaban J connectivity index is 2.15. The van der Waals surface area contributed by atoms with Crippen molar-refractivity contribution < 1.29 is 4.42 Å². The van der Waals surface area contributed by atoms with Crippen molar-refractivity contribution in [2.75, 3.05) is 18.8 Å². The maximum Gasteiger partial charge on any atom is 0.190 e. The number of hydrogen-bond donors (Lipinski definition) is 2. The number of nitrogen functional groups attached to an aromatic ring is 1. The molecule has 2 rings (SSSR count). The molecule has 0 aromatic carbocycles. The van der Waals surface area contributed by atoms with Crippen molar-refractivity contribution in [3.05, 3.63) is 17.9 Å². The van der Waals surface area contributed by atoms with Crippen LogP contribution in [-0.2, 0) is 0 Å². The van der Waals surface area contributed by atoms with Gasteiger partial charge in [-0.05, 0) is 19.0 Å². The average Bonchev–Trinajstić information content (AvgIpc) is 2.55. The minimum atomic E-state index is 0.520. The fourth-order valence-electron chi connectivity index (χ4n) is 1.49. The predicted molar refractivity (Wildman–Crippen MR) is 43.3 cm³/mol. The molecule has 0 spiro atoms. The summed E-state index contributed by atoms with van der Waals surface area (Å²) < 4.78 is 5.31. The van der Waals surface area contributed by atoms with Crippen molar-refractivity contribution >= 4 is 5.88 Å². The third-order valence-corrected chi connectivity index (χ3v) is 2.11. The van der Waals surface area contributed by atoms with Crippen molar-refractivity contribution in [3.63, 3.8) is 0 Å². The van der Waals surface area contributed by atoms with E-state index < -0.39 is 0 Å². The second-order valence-electron chi connectivity index (χ2n) is 2.93. The summed E-state index contributed by atoms with van der Waals surface area (Å²) in [4.78, 5) is 0. The first-order valence-corrected chi connectivity index (χ1v) is 3.92. The standard InChI is InChI=1S/C8H12N2O/c9-8-2-1-7(11-8)6-3-4-10-5-6/h1-2,6,10H,3-5,9H2. The zero-order valence-electron chi connectivity index (χ0n) is 6.34. The summed E-state index contributed by atoms with van der Waals surface area (Å²) in [6.07, 6.45) is 1.16. The van der Waals surface area contributed by atoms with Crippen LogP contribution in [0.15, 0.2) is 16.5 Å². The zero-order chi connectivity index (χ0) is 7.68. The first-order valence-electron chi connectivity index (χ1n) is 3.92. The molecule has 3 nitrogen and oxygen atoms in total. The molecule has 1 aromatic rings. The zero-order valence-corrected chi connectivity index (χ0v) is 6.34. The number of nitrogens with one attached hydrogen (secondary N) is 1. The molecule has 1 fully saturated rings. The Kier molecular flexibility index (Phi) is 1.58. The molecular weight excluding hydrogens is 140 g/mol. The van der Waals surface area contributed by atoms with Crippen molar-refractivity contribution in [1.29, 1.82) is 0 Å². The normalized spacial score (nSPS) is 24.2. The van der Waals surface area contributed by atoms with Crippen molar-refractivity contribution in [3.8, 4) is 0 Å². The van der Waals surface area contributed by atoms with E-state index in [1.807, 2.05) is 12.1 Å². The number of anilines is 1. The van der Waals surface area contributed by atoms with Crippen LogP contribution in [0.1, 0.15) is 18.1 Å². The van der Waals surface area contributed by atoms with Crippen molar-refractivity contribution in [2.24, 2.45) is 0 Å². The van der Waals surface area contributed by atoms with Gasteiger partial charge in [-0.25, -0.2) is 0 Å². The highest BCUT2D eigenvalue weighted by Gasteiger charge is 2.19. The van der Waals surface area contributed by atoms with Crippen LogP contribution in [0.5, 0.6) is 0 Å². The smallest absolute Gasteiger partial charge is 0.190 e. The molecule has 1 unspecified atom stereocenters. The monoisotopic (exact) mass is 152 g/mol. The topological polar surface area (TPSA) is 51.2 Å². The van der Waals surface area contributed by atoms with Gasteiger partial charge < -0.3 is 15.5 Å². The number of hydrogen-bond acceptors (Lipinski definition) is 3. The van der Waals surface area contributed by atoms with Gasteiger partial charge in [0, 0.05) is 18.5 Å². The van der Waals surface area contributed by atoms with E-state index in [9.17, 15) is 0 Å². The van der Waals surface area contributed by atoms with Gasteiger partial charge in [-0.1, -0.05) is 0 Å². The van der Waals surface area contributed by atoms with Crippen molar-refractivity contribution in [1.82, 2.24) is 5.32 Å². The molecule has 11 heavy (non-hydrogen) atoms. The molecule has 60 valence electrons. The van der Waals surface area contributed by atoms with Crippen LogP contribution in [-0.4, -0.2) is 13.1 Å². The molecule has 0 aliphatic carbocycles. The van der Waals surface area contributed by atoms with Gasteiger partial charge in [0.1, 0.15) is 5.76 Å². The molecule has 0 bridgehead atoms. The van der Waals surface area contributed by atoms with Crippen LogP contribution < -0.4 is 11.1 Å². The number of furan rings is 1. The fraction of sp³-hybridized carbons (Fsp3) is 0.500. The van der Waals surface area contributed by atoms with Crippen LogP contribution in [0.4, 0.5) is 5.88 Å². The van der Waals surface area contributed by atoms with E-state index in [0.717, 1.165) is 25.3 Å². The highest BCUT2D eigenvalue weighted by Crippen LogP contribution is 2.24. The molecule has 0 saturated carbocycles. The van der Waals surface area contributed by atoms with E-state index in [4.69, 9.17) is 10.2 Å². The predicted octanol–water partition coefficient (Wildman–Crippen LogP) is 0.939. The van der Waals surface area contributed by atoms with E-state index in [1.165, 1.54) is 0 Å². The molecule has 0 radical (unpaired) electrons. The van der Waals surface area contributed by atoms with Gasteiger partial charge in [0.05, 0.1) is 0 Å². The summed E-state index contributed by atoms with van der Waals surface area (Å²) in [7, 11) is 0. The molecular formula is C8H12N2O. The molecule has 1 aliphatic heterocycles. The lowest BCUT2D eigenvalue weighted by molar-refractivity contribution is 0.488. The largest absolute Gasteiger partial charge is 0.446 e. The Morgan fingerprint density at radius 2 is 2.45 bits per heavy atom. The first kappa shape index (κ1) is 6.73. The fourth-order valence-corrected chi connectivity index (χ4v) is 1.49. The summed E-state index contributed by atoms with van der Waals surface area (Å²) >= 11 is 0. The first-order chi connectivity index (χ1) is 5.36.